The Bertz CT molecular complexity index is 327. The summed E-state index contributed by atoms with van der Waals surface area (Å²) in [5.74, 6) is -0.317. The fourth-order valence-corrected chi connectivity index (χ4v) is 2.55. The van der Waals surface area contributed by atoms with Crippen LogP contribution in [0.1, 0.15) is 20.8 Å². The molecule has 0 spiro atoms. The summed E-state index contributed by atoms with van der Waals surface area (Å²) in [6.07, 6.45) is 0. The zero-order chi connectivity index (χ0) is 12.9. The third-order valence-corrected chi connectivity index (χ3v) is 4.56. The lowest BCUT2D eigenvalue weighted by Crippen LogP contribution is -2.48. The molecule has 0 rings (SSSR count). The van der Waals surface area contributed by atoms with Gasteiger partial charge in [0.15, 0.2) is 0 Å². The highest BCUT2D eigenvalue weighted by Gasteiger charge is 2.28. The first-order chi connectivity index (χ1) is 7.27. The maximum Gasteiger partial charge on any atom is 0.282 e. The standard InChI is InChI=1S/C9H21N3O3S/c1-6-12(7-9(13)10-4)16(14,15)11(5)8(2)3/h8H,6-7H2,1-5H3,(H,10,13). The predicted octanol–water partition coefficient (Wildman–Crippen LogP) is -0.361. The molecule has 0 aromatic carbocycles. The van der Waals surface area contributed by atoms with Gasteiger partial charge in [0.1, 0.15) is 0 Å². The Morgan fingerprint density at radius 3 is 2.19 bits per heavy atom. The van der Waals surface area contributed by atoms with E-state index in [9.17, 15) is 13.2 Å². The van der Waals surface area contributed by atoms with Crippen LogP contribution in [0.15, 0.2) is 0 Å². The quantitative estimate of drug-likeness (QED) is 0.701. The number of rotatable bonds is 6. The minimum atomic E-state index is -3.55. The summed E-state index contributed by atoms with van der Waals surface area (Å²) >= 11 is 0. The summed E-state index contributed by atoms with van der Waals surface area (Å²) in [6.45, 7) is 5.39. The number of hydrogen-bond donors (Lipinski definition) is 1. The number of amides is 1. The van der Waals surface area contributed by atoms with Crippen molar-refractivity contribution in [2.75, 3.05) is 27.2 Å². The molecule has 0 radical (unpaired) electrons. The fourth-order valence-electron chi connectivity index (χ4n) is 1.04. The minimum absolute atomic E-state index is 0.135. The van der Waals surface area contributed by atoms with Crippen LogP contribution in [0.5, 0.6) is 0 Å². The number of nitrogens with zero attached hydrogens (tertiary/aromatic N) is 2. The molecule has 0 saturated heterocycles. The second-order valence-electron chi connectivity index (χ2n) is 3.72. The van der Waals surface area contributed by atoms with Gasteiger partial charge in [-0.05, 0) is 13.8 Å². The van der Waals surface area contributed by atoms with E-state index in [1.54, 1.807) is 20.8 Å². The van der Waals surface area contributed by atoms with Gasteiger partial charge in [0.25, 0.3) is 10.2 Å². The van der Waals surface area contributed by atoms with Crippen molar-refractivity contribution in [3.05, 3.63) is 0 Å². The van der Waals surface area contributed by atoms with Gasteiger partial charge < -0.3 is 5.32 Å². The Labute approximate surface area is 97.8 Å². The van der Waals surface area contributed by atoms with E-state index in [4.69, 9.17) is 0 Å². The van der Waals surface area contributed by atoms with Gasteiger partial charge in [-0.3, -0.25) is 4.79 Å². The van der Waals surface area contributed by atoms with Crippen LogP contribution in [-0.4, -0.2) is 56.2 Å². The molecule has 7 heteroatoms. The van der Waals surface area contributed by atoms with Crippen molar-refractivity contribution in [1.82, 2.24) is 13.9 Å². The molecule has 6 nitrogen and oxygen atoms in total. The number of carbonyl (C=O) groups is 1. The molecule has 0 saturated carbocycles. The van der Waals surface area contributed by atoms with Crippen LogP contribution in [-0.2, 0) is 15.0 Å². The van der Waals surface area contributed by atoms with E-state index in [1.807, 2.05) is 0 Å². The van der Waals surface area contributed by atoms with Crippen molar-refractivity contribution in [3.8, 4) is 0 Å². The third kappa shape index (κ3) is 3.73. The second-order valence-corrected chi connectivity index (χ2v) is 5.71. The molecule has 0 aromatic heterocycles. The Hall–Kier alpha value is -0.660. The van der Waals surface area contributed by atoms with E-state index >= 15 is 0 Å². The summed E-state index contributed by atoms with van der Waals surface area (Å²) < 4.78 is 26.4. The van der Waals surface area contributed by atoms with Gasteiger partial charge in [0.2, 0.25) is 5.91 Å². The molecule has 0 aromatic rings. The van der Waals surface area contributed by atoms with Crippen molar-refractivity contribution in [2.24, 2.45) is 0 Å². The van der Waals surface area contributed by atoms with Crippen LogP contribution < -0.4 is 5.32 Å². The molecule has 0 aliphatic heterocycles. The SMILES string of the molecule is CCN(CC(=O)NC)S(=O)(=O)N(C)C(C)C. The normalized spacial score (nSPS) is 12.5. The number of likely N-dealkylation sites (N-methyl/N-ethyl adjacent to an activating group) is 2. The van der Waals surface area contributed by atoms with Crippen molar-refractivity contribution in [3.63, 3.8) is 0 Å². The summed E-state index contributed by atoms with van der Waals surface area (Å²) in [5, 5.41) is 2.41. The molecule has 0 fully saturated rings. The summed E-state index contributed by atoms with van der Waals surface area (Å²) in [7, 11) is -0.562. The van der Waals surface area contributed by atoms with E-state index in [2.05, 4.69) is 5.32 Å². The lowest BCUT2D eigenvalue weighted by atomic mass is 10.4. The van der Waals surface area contributed by atoms with E-state index in [1.165, 1.54) is 18.4 Å². The van der Waals surface area contributed by atoms with Crippen LogP contribution in [0, 0.1) is 0 Å². The van der Waals surface area contributed by atoms with Crippen molar-refractivity contribution < 1.29 is 13.2 Å². The first kappa shape index (κ1) is 15.3. The number of carbonyl (C=O) groups excluding carboxylic acids is 1. The van der Waals surface area contributed by atoms with Crippen molar-refractivity contribution >= 4 is 16.1 Å². The first-order valence-corrected chi connectivity index (χ1v) is 6.60. The minimum Gasteiger partial charge on any atom is -0.358 e. The van der Waals surface area contributed by atoms with Crippen LogP contribution in [0.3, 0.4) is 0 Å². The molecule has 1 amide bonds. The topological polar surface area (TPSA) is 69.7 Å². The summed E-state index contributed by atoms with van der Waals surface area (Å²) in [4.78, 5) is 11.2. The van der Waals surface area contributed by atoms with Gasteiger partial charge >= 0.3 is 0 Å². The highest BCUT2D eigenvalue weighted by Crippen LogP contribution is 2.09. The Kier molecular flexibility index (Phi) is 5.91. The molecular formula is C9H21N3O3S. The van der Waals surface area contributed by atoms with Gasteiger partial charge in [0.05, 0.1) is 6.54 Å². The predicted molar refractivity (Wildman–Crippen MR) is 63.1 cm³/mol. The first-order valence-electron chi connectivity index (χ1n) is 5.21. The Morgan fingerprint density at radius 1 is 1.38 bits per heavy atom. The molecule has 96 valence electrons. The molecule has 0 aliphatic carbocycles. The molecule has 0 atom stereocenters. The number of nitrogens with one attached hydrogen (secondary N) is 1. The average molecular weight is 251 g/mol. The van der Waals surface area contributed by atoms with Gasteiger partial charge in [0, 0.05) is 26.7 Å². The van der Waals surface area contributed by atoms with Crippen LogP contribution in [0.25, 0.3) is 0 Å². The average Bonchev–Trinajstić information content (AvgIpc) is 2.23. The third-order valence-electron chi connectivity index (χ3n) is 2.37. The highest BCUT2D eigenvalue weighted by molar-refractivity contribution is 7.86. The molecule has 0 aliphatic rings. The van der Waals surface area contributed by atoms with Gasteiger partial charge in [-0.25, -0.2) is 0 Å². The van der Waals surface area contributed by atoms with E-state index in [0.29, 0.717) is 0 Å². The Balaban J connectivity index is 4.88. The smallest absolute Gasteiger partial charge is 0.282 e. The summed E-state index contributed by atoms with van der Waals surface area (Å²) in [5.41, 5.74) is 0. The molecule has 0 heterocycles. The van der Waals surface area contributed by atoms with Crippen molar-refractivity contribution in [1.29, 1.82) is 0 Å². The van der Waals surface area contributed by atoms with E-state index in [-0.39, 0.29) is 25.0 Å². The molecular weight excluding hydrogens is 230 g/mol. The van der Waals surface area contributed by atoms with Gasteiger partial charge in [-0.2, -0.15) is 17.0 Å². The van der Waals surface area contributed by atoms with Gasteiger partial charge in [-0.15, -0.1) is 0 Å². The van der Waals surface area contributed by atoms with E-state index < -0.39 is 10.2 Å². The summed E-state index contributed by atoms with van der Waals surface area (Å²) in [6, 6.07) is -0.135. The zero-order valence-corrected chi connectivity index (χ0v) is 11.3. The molecule has 0 bridgehead atoms. The second kappa shape index (κ2) is 6.17. The lowest BCUT2D eigenvalue weighted by molar-refractivity contribution is -0.120. The maximum absolute atomic E-state index is 12.0. The highest BCUT2D eigenvalue weighted by atomic mass is 32.2. The Morgan fingerprint density at radius 2 is 1.88 bits per heavy atom. The lowest BCUT2D eigenvalue weighted by Gasteiger charge is -2.28. The number of hydrogen-bond acceptors (Lipinski definition) is 3. The maximum atomic E-state index is 12.0. The fraction of sp³-hybridized carbons (Fsp3) is 0.889. The van der Waals surface area contributed by atoms with Crippen LogP contribution in [0.4, 0.5) is 0 Å². The molecule has 0 unspecified atom stereocenters. The molecule has 16 heavy (non-hydrogen) atoms. The zero-order valence-electron chi connectivity index (χ0n) is 10.5. The van der Waals surface area contributed by atoms with Crippen LogP contribution >= 0.6 is 0 Å². The largest absolute Gasteiger partial charge is 0.358 e. The van der Waals surface area contributed by atoms with Gasteiger partial charge in [-0.1, -0.05) is 6.92 Å². The van der Waals surface area contributed by atoms with Crippen LogP contribution in [0.2, 0.25) is 0 Å². The van der Waals surface area contributed by atoms with Crippen molar-refractivity contribution in [2.45, 2.75) is 26.8 Å². The van der Waals surface area contributed by atoms with E-state index in [0.717, 1.165) is 4.31 Å². The monoisotopic (exact) mass is 251 g/mol. The molecule has 1 N–H and O–H groups in total.